The zero-order valence-corrected chi connectivity index (χ0v) is 12.4. The number of aromatic amines is 2. The van der Waals surface area contributed by atoms with Gasteiger partial charge < -0.3 is 10.7 Å². The summed E-state index contributed by atoms with van der Waals surface area (Å²) >= 11 is 6.08. The fourth-order valence-corrected chi connectivity index (χ4v) is 2.96. The van der Waals surface area contributed by atoms with Crippen LogP contribution in [0.1, 0.15) is 0 Å². The first-order valence-electron chi connectivity index (χ1n) is 6.79. The molecule has 2 aromatic heterocycles. The lowest BCUT2D eigenvalue weighted by molar-refractivity contribution is 0.636. The van der Waals surface area contributed by atoms with Crippen molar-refractivity contribution in [2.24, 2.45) is 0 Å². The van der Waals surface area contributed by atoms with E-state index in [1.807, 2.05) is 0 Å². The Bertz CT molecular complexity index is 1130. The van der Waals surface area contributed by atoms with Crippen molar-refractivity contribution in [3.63, 3.8) is 0 Å². The molecule has 2 heterocycles. The number of aromatic nitrogens is 3. The van der Waals surface area contributed by atoms with E-state index in [9.17, 15) is 9.18 Å². The third-order valence-corrected chi connectivity index (χ3v) is 4.08. The van der Waals surface area contributed by atoms with Gasteiger partial charge in [0.1, 0.15) is 17.0 Å². The number of hydrogen-bond acceptors (Lipinski definition) is 3. The van der Waals surface area contributed by atoms with Gasteiger partial charge in [-0.15, -0.1) is 0 Å². The van der Waals surface area contributed by atoms with Crippen LogP contribution in [0, 0.1) is 5.82 Å². The highest BCUT2D eigenvalue weighted by molar-refractivity contribution is 6.31. The molecule has 0 unspecified atom stereocenters. The van der Waals surface area contributed by atoms with Crippen LogP contribution >= 0.6 is 11.6 Å². The molecule has 0 radical (unpaired) electrons. The van der Waals surface area contributed by atoms with Gasteiger partial charge in [-0.1, -0.05) is 17.7 Å². The highest BCUT2D eigenvalue weighted by atomic mass is 35.5. The van der Waals surface area contributed by atoms with Crippen molar-refractivity contribution in [1.82, 2.24) is 15.2 Å². The van der Waals surface area contributed by atoms with Crippen LogP contribution in [0.4, 0.5) is 10.1 Å². The van der Waals surface area contributed by atoms with Gasteiger partial charge in [0, 0.05) is 26.9 Å². The van der Waals surface area contributed by atoms with Gasteiger partial charge >= 0.3 is 0 Å². The van der Waals surface area contributed by atoms with Gasteiger partial charge in [0.2, 0.25) is 0 Å². The molecule has 5 nitrogen and oxygen atoms in total. The smallest absolute Gasteiger partial charge is 0.272 e. The number of H-pyrrole nitrogens is 2. The highest BCUT2D eigenvalue weighted by Crippen LogP contribution is 2.36. The molecule has 0 aliphatic carbocycles. The molecular weight excluding hydrogens is 319 g/mol. The average molecular weight is 329 g/mol. The topological polar surface area (TPSA) is 87.6 Å². The zero-order valence-electron chi connectivity index (χ0n) is 11.7. The summed E-state index contributed by atoms with van der Waals surface area (Å²) < 4.78 is 13.9. The summed E-state index contributed by atoms with van der Waals surface area (Å²) in [6.45, 7) is 0. The maximum absolute atomic E-state index is 13.9. The molecule has 4 aromatic rings. The quantitative estimate of drug-likeness (QED) is 0.500. The first-order valence-corrected chi connectivity index (χ1v) is 7.17. The second-order valence-corrected chi connectivity index (χ2v) is 5.62. The Hall–Kier alpha value is -2.86. The number of nitrogens with two attached hydrogens (primary N) is 1. The monoisotopic (exact) mass is 328 g/mol. The van der Waals surface area contributed by atoms with Gasteiger partial charge in [-0.3, -0.25) is 9.89 Å². The van der Waals surface area contributed by atoms with Crippen LogP contribution in [0.3, 0.4) is 0 Å². The third kappa shape index (κ3) is 1.99. The zero-order chi connectivity index (χ0) is 16.1. The van der Waals surface area contributed by atoms with E-state index in [1.165, 1.54) is 12.3 Å². The molecule has 114 valence electrons. The molecule has 0 aliphatic rings. The van der Waals surface area contributed by atoms with E-state index in [0.29, 0.717) is 32.4 Å². The van der Waals surface area contributed by atoms with E-state index in [1.54, 1.807) is 24.3 Å². The molecule has 4 N–H and O–H groups in total. The lowest BCUT2D eigenvalue weighted by atomic mass is 9.97. The van der Waals surface area contributed by atoms with Crippen LogP contribution in [0.5, 0.6) is 0 Å². The van der Waals surface area contributed by atoms with Crippen molar-refractivity contribution >= 4 is 39.1 Å². The Morgan fingerprint density at radius 1 is 1.17 bits per heavy atom. The van der Waals surface area contributed by atoms with Crippen LogP contribution in [0.2, 0.25) is 5.02 Å². The second kappa shape index (κ2) is 4.82. The molecule has 0 saturated carbocycles. The summed E-state index contributed by atoms with van der Waals surface area (Å²) in [4.78, 5) is 14.9. The van der Waals surface area contributed by atoms with E-state index in [2.05, 4.69) is 15.2 Å². The summed E-state index contributed by atoms with van der Waals surface area (Å²) in [6, 6.07) is 8.00. The predicted octanol–water partition coefficient (Wildman–Crippen LogP) is 3.45. The largest absolute Gasteiger partial charge is 0.394 e. The number of nitrogens with one attached hydrogen (secondary N) is 2. The van der Waals surface area contributed by atoms with Crippen molar-refractivity contribution in [2.45, 2.75) is 0 Å². The maximum atomic E-state index is 13.9. The third-order valence-electron chi connectivity index (χ3n) is 3.85. The molecule has 0 spiro atoms. The summed E-state index contributed by atoms with van der Waals surface area (Å²) in [7, 11) is 0. The Balaban J connectivity index is 2.22. The Kier molecular flexibility index (Phi) is 2.89. The molecule has 2 aromatic carbocycles. The summed E-state index contributed by atoms with van der Waals surface area (Å²) in [6.07, 6.45) is 1.50. The molecule has 0 amide bonds. The van der Waals surface area contributed by atoms with Crippen molar-refractivity contribution in [3.8, 4) is 11.1 Å². The molecule has 0 atom stereocenters. The van der Waals surface area contributed by atoms with Crippen LogP contribution in [-0.2, 0) is 0 Å². The minimum absolute atomic E-state index is 0.0499. The predicted molar refractivity (Wildman–Crippen MR) is 89.0 cm³/mol. The number of fused-ring (bicyclic) bond motifs is 2. The lowest BCUT2D eigenvalue weighted by Gasteiger charge is -2.11. The molecule has 7 heteroatoms. The standard InChI is InChI=1S/C16H10ClFN4O/c17-7-1-4-12-9(5-7)13(14(19)16(23)21-12)8-2-3-11(18)15-10(8)6-20-22-15/h1-6H,19H2,(H,20,22)(H,21,23). The van der Waals surface area contributed by atoms with Crippen LogP contribution in [0.15, 0.2) is 41.3 Å². The summed E-state index contributed by atoms with van der Waals surface area (Å²) in [5.41, 5.74) is 7.65. The summed E-state index contributed by atoms with van der Waals surface area (Å²) in [5.74, 6) is -0.424. The molecule has 0 bridgehead atoms. The first kappa shape index (κ1) is 13.8. The van der Waals surface area contributed by atoms with Gasteiger partial charge in [0.15, 0.2) is 0 Å². The van der Waals surface area contributed by atoms with E-state index < -0.39 is 11.4 Å². The number of rotatable bonds is 1. The van der Waals surface area contributed by atoms with Gasteiger partial charge in [0.25, 0.3) is 5.56 Å². The van der Waals surface area contributed by atoms with Crippen LogP contribution in [0.25, 0.3) is 32.9 Å². The van der Waals surface area contributed by atoms with E-state index in [4.69, 9.17) is 17.3 Å². The molecule has 23 heavy (non-hydrogen) atoms. The normalized spacial score (nSPS) is 11.4. The van der Waals surface area contributed by atoms with E-state index >= 15 is 0 Å². The van der Waals surface area contributed by atoms with Gasteiger partial charge in [-0.2, -0.15) is 5.10 Å². The number of pyridine rings is 1. The molecule has 0 fully saturated rings. The fourth-order valence-electron chi connectivity index (χ4n) is 2.79. The lowest BCUT2D eigenvalue weighted by Crippen LogP contribution is -2.13. The number of nitrogen functional groups attached to an aromatic ring is 1. The van der Waals surface area contributed by atoms with Crippen LogP contribution < -0.4 is 11.3 Å². The van der Waals surface area contributed by atoms with Gasteiger partial charge in [0.05, 0.1) is 6.20 Å². The fraction of sp³-hybridized carbons (Fsp3) is 0. The van der Waals surface area contributed by atoms with Crippen molar-refractivity contribution in [3.05, 3.63) is 57.7 Å². The van der Waals surface area contributed by atoms with Gasteiger partial charge in [-0.25, -0.2) is 4.39 Å². The highest BCUT2D eigenvalue weighted by Gasteiger charge is 2.17. The van der Waals surface area contributed by atoms with Gasteiger partial charge in [-0.05, 0) is 29.8 Å². The minimum atomic E-state index is -0.424. The maximum Gasteiger partial charge on any atom is 0.272 e. The van der Waals surface area contributed by atoms with Crippen molar-refractivity contribution < 1.29 is 4.39 Å². The van der Waals surface area contributed by atoms with E-state index in [0.717, 1.165) is 0 Å². The molecule has 0 saturated heterocycles. The molecular formula is C16H10ClFN4O. The van der Waals surface area contributed by atoms with E-state index in [-0.39, 0.29) is 11.2 Å². The Labute approximate surface area is 133 Å². The Morgan fingerprint density at radius 2 is 2.00 bits per heavy atom. The molecule has 4 rings (SSSR count). The Morgan fingerprint density at radius 3 is 2.83 bits per heavy atom. The first-order chi connectivity index (χ1) is 11.1. The second-order valence-electron chi connectivity index (χ2n) is 5.19. The number of hydrogen-bond donors (Lipinski definition) is 3. The number of anilines is 1. The number of nitrogens with zero attached hydrogens (tertiary/aromatic N) is 1. The van der Waals surface area contributed by atoms with Crippen LogP contribution in [-0.4, -0.2) is 15.2 Å². The molecule has 0 aliphatic heterocycles. The minimum Gasteiger partial charge on any atom is -0.394 e. The average Bonchev–Trinajstić information content (AvgIpc) is 3.01. The SMILES string of the molecule is Nc1c(-c2ccc(F)c3[nH]ncc23)c2cc(Cl)ccc2[nH]c1=O. The summed E-state index contributed by atoms with van der Waals surface area (Å²) in [5, 5.41) is 8.23. The van der Waals surface area contributed by atoms with Crippen molar-refractivity contribution in [1.29, 1.82) is 0 Å². The number of halogens is 2. The van der Waals surface area contributed by atoms with Crippen molar-refractivity contribution in [2.75, 3.05) is 5.73 Å². The number of benzene rings is 2.